The van der Waals surface area contributed by atoms with Gasteiger partial charge in [-0.15, -0.1) is 11.3 Å². The van der Waals surface area contributed by atoms with Gasteiger partial charge in [0.25, 0.3) is 5.91 Å². The Morgan fingerprint density at radius 3 is 2.62 bits per heavy atom. The van der Waals surface area contributed by atoms with E-state index in [2.05, 4.69) is 34.7 Å². The maximum Gasteiger partial charge on any atom is 0.284 e. The molecule has 4 N–H and O–H groups in total. The van der Waals surface area contributed by atoms with Gasteiger partial charge < -0.3 is 20.8 Å². The number of aryl methyl sites for hydroxylation is 1. The lowest BCUT2D eigenvalue weighted by molar-refractivity contribution is 0.0972. The van der Waals surface area contributed by atoms with E-state index in [4.69, 9.17) is 10.2 Å². The summed E-state index contributed by atoms with van der Waals surface area (Å²) in [6.45, 7) is 3.22. The molecule has 0 aromatic carbocycles. The number of nitrogens with zero attached hydrogens (tertiary/aromatic N) is 1. The van der Waals surface area contributed by atoms with Crippen LogP contribution in [0.15, 0.2) is 33.7 Å². The van der Waals surface area contributed by atoms with E-state index in [-0.39, 0.29) is 5.76 Å². The molecule has 2 rings (SSSR count). The van der Waals surface area contributed by atoms with Crippen molar-refractivity contribution in [3.63, 3.8) is 0 Å². The average molecular weight is 306 g/mol. The second kappa shape index (κ2) is 6.94. The van der Waals surface area contributed by atoms with Crippen LogP contribution in [0.2, 0.25) is 0 Å². The molecule has 2 heterocycles. The molecule has 112 valence electrons. The zero-order valence-corrected chi connectivity index (χ0v) is 12.8. The molecule has 0 aliphatic heterocycles. The number of guanidine groups is 1. The summed E-state index contributed by atoms with van der Waals surface area (Å²) in [6, 6.07) is 7.45. The monoisotopic (exact) mass is 306 g/mol. The third-order valence-corrected chi connectivity index (χ3v) is 3.78. The maximum absolute atomic E-state index is 10.9. The minimum absolute atomic E-state index is 0.156. The first-order chi connectivity index (χ1) is 10.1. The van der Waals surface area contributed by atoms with Crippen LogP contribution < -0.4 is 16.4 Å². The highest BCUT2D eigenvalue weighted by atomic mass is 32.1. The van der Waals surface area contributed by atoms with E-state index in [0.29, 0.717) is 24.8 Å². The number of hydrogen-bond acceptors (Lipinski definition) is 4. The van der Waals surface area contributed by atoms with Gasteiger partial charge in [0.1, 0.15) is 5.76 Å². The Morgan fingerprint density at radius 1 is 1.29 bits per heavy atom. The SMILES string of the molecule is CN=C(NCc1ccc(C(N)=O)o1)NCc1ccc(C)s1. The van der Waals surface area contributed by atoms with Crippen molar-refractivity contribution in [2.45, 2.75) is 20.0 Å². The van der Waals surface area contributed by atoms with Gasteiger partial charge >= 0.3 is 0 Å². The van der Waals surface area contributed by atoms with Crippen LogP contribution in [0.1, 0.15) is 26.1 Å². The summed E-state index contributed by atoms with van der Waals surface area (Å²) in [5.41, 5.74) is 5.14. The minimum atomic E-state index is -0.572. The summed E-state index contributed by atoms with van der Waals surface area (Å²) in [6.07, 6.45) is 0. The van der Waals surface area contributed by atoms with E-state index in [1.165, 1.54) is 9.75 Å². The molecule has 0 fully saturated rings. The summed E-state index contributed by atoms with van der Waals surface area (Å²) in [5, 5.41) is 6.33. The van der Waals surface area contributed by atoms with E-state index in [1.807, 2.05) is 0 Å². The normalized spacial score (nSPS) is 11.4. The van der Waals surface area contributed by atoms with Crippen LogP contribution in [0.5, 0.6) is 0 Å². The van der Waals surface area contributed by atoms with Crippen molar-refractivity contribution in [2.24, 2.45) is 10.7 Å². The predicted molar refractivity (Wildman–Crippen MR) is 83.3 cm³/mol. The zero-order valence-electron chi connectivity index (χ0n) is 12.0. The quantitative estimate of drug-likeness (QED) is 0.578. The Morgan fingerprint density at radius 2 is 2.05 bits per heavy atom. The molecule has 0 bridgehead atoms. The van der Waals surface area contributed by atoms with Crippen LogP contribution in [0.4, 0.5) is 0 Å². The maximum atomic E-state index is 10.9. The number of hydrogen-bond donors (Lipinski definition) is 3. The number of furan rings is 1. The molecule has 1 amide bonds. The van der Waals surface area contributed by atoms with Gasteiger partial charge in [-0.3, -0.25) is 9.79 Å². The van der Waals surface area contributed by atoms with Gasteiger partial charge in [-0.2, -0.15) is 0 Å². The molecule has 0 aliphatic carbocycles. The summed E-state index contributed by atoms with van der Waals surface area (Å²) < 4.78 is 5.29. The lowest BCUT2D eigenvalue weighted by Gasteiger charge is -2.09. The average Bonchev–Trinajstić information content (AvgIpc) is 3.08. The Kier molecular flexibility index (Phi) is 4.99. The molecule has 0 atom stereocenters. The first kappa shape index (κ1) is 15.1. The van der Waals surface area contributed by atoms with Gasteiger partial charge in [0.05, 0.1) is 13.1 Å². The van der Waals surface area contributed by atoms with E-state index in [9.17, 15) is 4.79 Å². The Labute approximate surface area is 127 Å². The van der Waals surface area contributed by atoms with E-state index < -0.39 is 5.91 Å². The first-order valence-corrected chi connectivity index (χ1v) is 7.28. The molecular weight excluding hydrogens is 288 g/mol. The summed E-state index contributed by atoms with van der Waals surface area (Å²) >= 11 is 1.75. The highest BCUT2D eigenvalue weighted by Crippen LogP contribution is 2.14. The van der Waals surface area contributed by atoms with Crippen molar-refractivity contribution in [3.05, 3.63) is 45.5 Å². The lowest BCUT2D eigenvalue weighted by atomic mass is 10.4. The fraction of sp³-hybridized carbons (Fsp3) is 0.286. The number of carbonyl (C=O) groups excluding carboxylic acids is 1. The Hall–Kier alpha value is -2.28. The molecular formula is C14H18N4O2S. The number of primary amides is 1. The number of aliphatic imine (C=N–C) groups is 1. The van der Waals surface area contributed by atoms with Crippen molar-refractivity contribution < 1.29 is 9.21 Å². The van der Waals surface area contributed by atoms with Gasteiger partial charge in [0.15, 0.2) is 11.7 Å². The molecule has 0 aliphatic rings. The van der Waals surface area contributed by atoms with Crippen LogP contribution in [-0.4, -0.2) is 18.9 Å². The molecule has 0 radical (unpaired) electrons. The molecule has 6 nitrogen and oxygen atoms in total. The Bertz CT molecular complexity index is 645. The van der Waals surface area contributed by atoms with Crippen molar-refractivity contribution in [3.8, 4) is 0 Å². The third kappa shape index (κ3) is 4.35. The number of carbonyl (C=O) groups is 1. The minimum Gasteiger partial charge on any atom is -0.454 e. The van der Waals surface area contributed by atoms with Gasteiger partial charge in [0, 0.05) is 16.8 Å². The van der Waals surface area contributed by atoms with Gasteiger partial charge in [-0.25, -0.2) is 0 Å². The number of thiophene rings is 1. The largest absolute Gasteiger partial charge is 0.454 e. The molecule has 0 spiro atoms. The first-order valence-electron chi connectivity index (χ1n) is 6.47. The summed E-state index contributed by atoms with van der Waals surface area (Å²) in [7, 11) is 1.70. The topological polar surface area (TPSA) is 92.6 Å². The van der Waals surface area contributed by atoms with Crippen LogP contribution in [0.25, 0.3) is 0 Å². The molecule has 2 aromatic rings. The fourth-order valence-electron chi connectivity index (χ4n) is 1.75. The second-order valence-corrected chi connectivity index (χ2v) is 5.79. The van der Waals surface area contributed by atoms with E-state index in [0.717, 1.165) is 0 Å². The molecule has 0 saturated carbocycles. The van der Waals surface area contributed by atoms with Crippen molar-refractivity contribution in [2.75, 3.05) is 7.05 Å². The van der Waals surface area contributed by atoms with Gasteiger partial charge in [0.2, 0.25) is 0 Å². The van der Waals surface area contributed by atoms with E-state index in [1.54, 1.807) is 30.5 Å². The molecule has 2 aromatic heterocycles. The zero-order chi connectivity index (χ0) is 15.2. The van der Waals surface area contributed by atoms with E-state index >= 15 is 0 Å². The number of amides is 1. The number of nitrogens with two attached hydrogens (primary N) is 1. The van der Waals surface area contributed by atoms with Crippen molar-refractivity contribution in [1.29, 1.82) is 0 Å². The van der Waals surface area contributed by atoms with Crippen molar-refractivity contribution >= 4 is 23.2 Å². The standard InChI is InChI=1S/C14H18N4O2S/c1-9-3-5-11(21-9)8-18-14(16-2)17-7-10-4-6-12(20-10)13(15)19/h3-6H,7-8H2,1-2H3,(H2,15,19)(H2,16,17,18). The highest BCUT2D eigenvalue weighted by Gasteiger charge is 2.07. The highest BCUT2D eigenvalue weighted by molar-refractivity contribution is 7.11. The van der Waals surface area contributed by atoms with Crippen LogP contribution in [-0.2, 0) is 13.1 Å². The van der Waals surface area contributed by atoms with Crippen LogP contribution in [0.3, 0.4) is 0 Å². The Balaban J connectivity index is 1.83. The van der Waals surface area contributed by atoms with Crippen molar-refractivity contribution in [1.82, 2.24) is 10.6 Å². The van der Waals surface area contributed by atoms with Gasteiger partial charge in [-0.1, -0.05) is 0 Å². The molecule has 7 heteroatoms. The number of nitrogens with one attached hydrogen (secondary N) is 2. The summed E-state index contributed by atoms with van der Waals surface area (Å²) in [4.78, 5) is 17.6. The summed E-state index contributed by atoms with van der Waals surface area (Å²) in [5.74, 6) is 0.873. The fourth-order valence-corrected chi connectivity index (χ4v) is 2.58. The van der Waals surface area contributed by atoms with Crippen LogP contribution in [0, 0.1) is 6.92 Å². The molecule has 0 saturated heterocycles. The second-order valence-electron chi connectivity index (χ2n) is 4.42. The third-order valence-electron chi connectivity index (χ3n) is 2.78. The number of rotatable bonds is 5. The predicted octanol–water partition coefficient (Wildman–Crippen LogP) is 1.61. The smallest absolute Gasteiger partial charge is 0.284 e. The molecule has 21 heavy (non-hydrogen) atoms. The van der Waals surface area contributed by atoms with Crippen LogP contribution >= 0.6 is 11.3 Å². The molecule has 0 unspecified atom stereocenters. The lowest BCUT2D eigenvalue weighted by Crippen LogP contribution is -2.36. The van der Waals surface area contributed by atoms with Gasteiger partial charge in [-0.05, 0) is 31.2 Å².